The summed E-state index contributed by atoms with van der Waals surface area (Å²) in [6.07, 6.45) is 3.52. The maximum atomic E-state index is 13.0. The third-order valence-electron chi connectivity index (χ3n) is 4.80. The Kier molecular flexibility index (Phi) is 5.71. The molecule has 1 amide bonds. The summed E-state index contributed by atoms with van der Waals surface area (Å²) in [5.74, 6) is 0.317. The fourth-order valence-corrected chi connectivity index (χ4v) is 3.10. The average Bonchev–Trinajstić information content (AvgIpc) is 2.67. The van der Waals surface area contributed by atoms with Crippen molar-refractivity contribution in [1.82, 2.24) is 4.90 Å². The number of rotatable bonds is 4. The first-order valence-electron chi connectivity index (χ1n) is 9.10. The zero-order valence-corrected chi connectivity index (χ0v) is 15.4. The maximum Gasteiger partial charge on any atom is 0.246 e. The van der Waals surface area contributed by atoms with Gasteiger partial charge in [-0.3, -0.25) is 4.79 Å². The Labute approximate surface area is 154 Å². The van der Waals surface area contributed by atoms with Gasteiger partial charge < -0.3 is 9.80 Å². The van der Waals surface area contributed by atoms with E-state index >= 15 is 0 Å². The highest BCUT2D eigenvalue weighted by molar-refractivity contribution is 5.92. The van der Waals surface area contributed by atoms with Gasteiger partial charge in [-0.1, -0.05) is 38.1 Å². The number of benzene rings is 2. The van der Waals surface area contributed by atoms with Crippen molar-refractivity contribution in [1.29, 1.82) is 0 Å². The van der Waals surface area contributed by atoms with E-state index in [4.69, 9.17) is 0 Å². The van der Waals surface area contributed by atoms with E-state index in [1.807, 2.05) is 23.1 Å². The van der Waals surface area contributed by atoms with E-state index in [1.54, 1.807) is 18.2 Å². The van der Waals surface area contributed by atoms with E-state index in [2.05, 4.69) is 30.9 Å². The summed E-state index contributed by atoms with van der Waals surface area (Å²) in [5, 5.41) is 0. The number of carbonyl (C=O) groups is 1. The second kappa shape index (κ2) is 8.17. The zero-order chi connectivity index (χ0) is 18.5. The van der Waals surface area contributed by atoms with Gasteiger partial charge in [0.15, 0.2) is 0 Å². The predicted molar refractivity (Wildman–Crippen MR) is 105 cm³/mol. The molecule has 0 N–H and O–H groups in total. The SMILES string of the molecule is CC(C)c1ccc(/C=C/C(=O)N2CCN(c3ccc(F)cc3)CC2)cc1. The van der Waals surface area contributed by atoms with E-state index < -0.39 is 0 Å². The first-order valence-corrected chi connectivity index (χ1v) is 9.10. The predicted octanol–water partition coefficient (Wildman–Crippen LogP) is 4.31. The van der Waals surface area contributed by atoms with Crippen molar-refractivity contribution in [3.05, 3.63) is 71.6 Å². The molecule has 26 heavy (non-hydrogen) atoms. The third-order valence-corrected chi connectivity index (χ3v) is 4.80. The van der Waals surface area contributed by atoms with Crippen LogP contribution in [0.15, 0.2) is 54.6 Å². The van der Waals surface area contributed by atoms with Crippen LogP contribution in [0.5, 0.6) is 0 Å². The van der Waals surface area contributed by atoms with Crippen LogP contribution < -0.4 is 4.90 Å². The molecule has 0 radical (unpaired) electrons. The quantitative estimate of drug-likeness (QED) is 0.766. The Morgan fingerprint density at radius 2 is 1.58 bits per heavy atom. The first kappa shape index (κ1) is 18.2. The Morgan fingerprint density at radius 3 is 2.15 bits per heavy atom. The van der Waals surface area contributed by atoms with Crippen LogP contribution in [0.2, 0.25) is 0 Å². The van der Waals surface area contributed by atoms with Crippen LogP contribution >= 0.6 is 0 Å². The van der Waals surface area contributed by atoms with E-state index in [0.29, 0.717) is 19.0 Å². The Balaban J connectivity index is 1.54. The summed E-state index contributed by atoms with van der Waals surface area (Å²) >= 11 is 0. The van der Waals surface area contributed by atoms with Gasteiger partial charge in [-0.15, -0.1) is 0 Å². The second-order valence-electron chi connectivity index (χ2n) is 6.94. The summed E-state index contributed by atoms with van der Waals surface area (Å²) in [4.78, 5) is 16.4. The van der Waals surface area contributed by atoms with E-state index in [-0.39, 0.29) is 11.7 Å². The molecule has 1 aliphatic rings. The van der Waals surface area contributed by atoms with Gasteiger partial charge in [0.2, 0.25) is 5.91 Å². The molecule has 2 aromatic carbocycles. The lowest BCUT2D eigenvalue weighted by molar-refractivity contribution is -0.126. The highest BCUT2D eigenvalue weighted by atomic mass is 19.1. The van der Waals surface area contributed by atoms with Crippen LogP contribution in [-0.4, -0.2) is 37.0 Å². The van der Waals surface area contributed by atoms with Gasteiger partial charge in [-0.2, -0.15) is 0 Å². The minimum atomic E-state index is -0.228. The van der Waals surface area contributed by atoms with Gasteiger partial charge in [-0.25, -0.2) is 4.39 Å². The number of hydrogen-bond acceptors (Lipinski definition) is 2. The number of amides is 1. The van der Waals surface area contributed by atoms with Crippen molar-refractivity contribution in [2.75, 3.05) is 31.1 Å². The Hall–Kier alpha value is -2.62. The molecule has 1 heterocycles. The molecule has 0 bridgehead atoms. The highest BCUT2D eigenvalue weighted by Crippen LogP contribution is 2.18. The van der Waals surface area contributed by atoms with Gasteiger partial charge in [0.05, 0.1) is 0 Å². The standard InChI is InChI=1S/C22H25FN2O/c1-17(2)19-6-3-18(4-7-19)5-12-22(26)25-15-13-24(14-16-25)21-10-8-20(23)9-11-21/h3-12,17H,13-16H2,1-2H3/b12-5+. The lowest BCUT2D eigenvalue weighted by atomic mass is 10.0. The minimum Gasteiger partial charge on any atom is -0.368 e. The number of nitrogens with zero attached hydrogens (tertiary/aromatic N) is 2. The van der Waals surface area contributed by atoms with Crippen LogP contribution in [0.4, 0.5) is 10.1 Å². The first-order chi connectivity index (χ1) is 12.5. The van der Waals surface area contributed by atoms with E-state index in [1.165, 1.54) is 17.7 Å². The summed E-state index contributed by atoms with van der Waals surface area (Å²) in [6, 6.07) is 14.8. The number of anilines is 1. The van der Waals surface area contributed by atoms with Gasteiger partial charge in [0, 0.05) is 37.9 Å². The molecule has 1 fully saturated rings. The molecule has 1 saturated heterocycles. The molecule has 136 valence electrons. The monoisotopic (exact) mass is 352 g/mol. The molecule has 0 spiro atoms. The summed E-state index contributed by atoms with van der Waals surface area (Å²) in [7, 11) is 0. The van der Waals surface area contributed by atoms with Crippen molar-refractivity contribution >= 4 is 17.7 Å². The second-order valence-corrected chi connectivity index (χ2v) is 6.94. The smallest absolute Gasteiger partial charge is 0.246 e. The third kappa shape index (κ3) is 4.51. The molecule has 2 aromatic rings. The Bertz CT molecular complexity index is 758. The molecule has 0 aliphatic carbocycles. The lowest BCUT2D eigenvalue weighted by Gasteiger charge is -2.35. The summed E-state index contributed by atoms with van der Waals surface area (Å²) in [5.41, 5.74) is 3.33. The number of hydrogen-bond donors (Lipinski definition) is 0. The average molecular weight is 352 g/mol. The molecule has 3 rings (SSSR count). The maximum absolute atomic E-state index is 13.0. The van der Waals surface area contributed by atoms with Gasteiger partial charge >= 0.3 is 0 Å². The lowest BCUT2D eigenvalue weighted by Crippen LogP contribution is -2.48. The van der Waals surface area contributed by atoms with Crippen LogP contribution in [0, 0.1) is 5.82 Å². The molecular formula is C22H25FN2O. The normalized spacial score (nSPS) is 15.1. The molecule has 4 heteroatoms. The molecule has 3 nitrogen and oxygen atoms in total. The number of halogens is 1. The van der Waals surface area contributed by atoms with Gasteiger partial charge in [0.25, 0.3) is 0 Å². The molecule has 1 aliphatic heterocycles. The molecule has 0 saturated carbocycles. The van der Waals surface area contributed by atoms with Crippen molar-refractivity contribution in [2.24, 2.45) is 0 Å². The zero-order valence-electron chi connectivity index (χ0n) is 15.4. The summed E-state index contributed by atoms with van der Waals surface area (Å²) in [6.45, 7) is 7.20. The van der Waals surface area contributed by atoms with Crippen molar-refractivity contribution in [3.63, 3.8) is 0 Å². The van der Waals surface area contributed by atoms with E-state index in [0.717, 1.165) is 24.3 Å². The van der Waals surface area contributed by atoms with Crippen LogP contribution in [0.3, 0.4) is 0 Å². The van der Waals surface area contributed by atoms with Gasteiger partial charge in [-0.05, 0) is 47.4 Å². The highest BCUT2D eigenvalue weighted by Gasteiger charge is 2.19. The van der Waals surface area contributed by atoms with Crippen molar-refractivity contribution < 1.29 is 9.18 Å². The molecule has 0 atom stereocenters. The fraction of sp³-hybridized carbons (Fsp3) is 0.318. The molecule has 0 unspecified atom stereocenters. The summed E-state index contributed by atoms with van der Waals surface area (Å²) < 4.78 is 13.0. The Morgan fingerprint density at radius 1 is 0.962 bits per heavy atom. The van der Waals surface area contributed by atoms with Crippen molar-refractivity contribution in [2.45, 2.75) is 19.8 Å². The van der Waals surface area contributed by atoms with Crippen LogP contribution in [0.1, 0.15) is 30.9 Å². The van der Waals surface area contributed by atoms with Crippen molar-refractivity contribution in [3.8, 4) is 0 Å². The largest absolute Gasteiger partial charge is 0.368 e. The van der Waals surface area contributed by atoms with E-state index in [9.17, 15) is 9.18 Å². The minimum absolute atomic E-state index is 0.0386. The molecule has 0 aromatic heterocycles. The molecular weight excluding hydrogens is 327 g/mol. The van der Waals surface area contributed by atoms with Crippen LogP contribution in [-0.2, 0) is 4.79 Å². The fourth-order valence-electron chi connectivity index (χ4n) is 3.10. The number of piperazine rings is 1. The number of carbonyl (C=O) groups excluding carboxylic acids is 1. The van der Waals surface area contributed by atoms with Gasteiger partial charge in [0.1, 0.15) is 5.82 Å². The van der Waals surface area contributed by atoms with Crippen LogP contribution in [0.25, 0.3) is 6.08 Å². The topological polar surface area (TPSA) is 23.6 Å².